The molecule has 0 radical (unpaired) electrons. The van der Waals surface area contributed by atoms with Crippen LogP contribution in [-0.4, -0.2) is 24.8 Å². The van der Waals surface area contributed by atoms with Crippen molar-refractivity contribution in [3.8, 4) is 0 Å². The van der Waals surface area contributed by atoms with E-state index in [1.807, 2.05) is 13.0 Å². The lowest BCUT2D eigenvalue weighted by atomic mass is 10.2. The fraction of sp³-hybridized carbons (Fsp3) is 0.357. The third kappa shape index (κ3) is 3.45. The molecule has 21 heavy (non-hydrogen) atoms. The molecule has 4 nitrogen and oxygen atoms in total. The number of alkyl halides is 1. The first-order valence-corrected chi connectivity index (χ1v) is 9.22. The first-order valence-electron chi connectivity index (χ1n) is 6.37. The monoisotopic (exact) mass is 344 g/mol. The topological polar surface area (TPSA) is 50.3 Å². The van der Waals surface area contributed by atoms with Gasteiger partial charge in [0.05, 0.1) is 16.1 Å². The van der Waals surface area contributed by atoms with Crippen LogP contribution in [-0.2, 0) is 22.4 Å². The Labute approximate surface area is 134 Å². The van der Waals surface area contributed by atoms with Gasteiger partial charge in [-0.3, -0.25) is 0 Å². The van der Waals surface area contributed by atoms with Gasteiger partial charge >= 0.3 is 0 Å². The van der Waals surface area contributed by atoms with Crippen molar-refractivity contribution in [3.63, 3.8) is 0 Å². The number of aromatic nitrogens is 1. The number of thiazole rings is 1. The van der Waals surface area contributed by atoms with Crippen molar-refractivity contribution in [2.75, 3.05) is 7.05 Å². The van der Waals surface area contributed by atoms with Gasteiger partial charge in [-0.2, -0.15) is 4.31 Å². The summed E-state index contributed by atoms with van der Waals surface area (Å²) in [5.41, 5.74) is 4.11. The number of nitrogens with zero attached hydrogens (tertiary/aromatic N) is 2. The van der Waals surface area contributed by atoms with E-state index in [4.69, 9.17) is 11.6 Å². The number of sulfonamides is 1. The summed E-state index contributed by atoms with van der Waals surface area (Å²) in [6.07, 6.45) is 0. The van der Waals surface area contributed by atoms with Crippen LogP contribution in [0.2, 0.25) is 0 Å². The summed E-state index contributed by atoms with van der Waals surface area (Å²) in [5, 5.41) is 0. The predicted molar refractivity (Wildman–Crippen MR) is 86.2 cm³/mol. The fourth-order valence-electron chi connectivity index (χ4n) is 1.94. The Morgan fingerprint density at radius 2 is 2.05 bits per heavy atom. The maximum absolute atomic E-state index is 12.7. The molecule has 0 saturated carbocycles. The second kappa shape index (κ2) is 6.44. The number of hydrogen-bond donors (Lipinski definition) is 0. The number of benzene rings is 1. The zero-order chi connectivity index (χ0) is 15.6. The van der Waals surface area contributed by atoms with E-state index < -0.39 is 10.0 Å². The normalized spacial score (nSPS) is 12.0. The van der Waals surface area contributed by atoms with E-state index in [2.05, 4.69) is 4.98 Å². The molecule has 2 aromatic rings. The summed E-state index contributed by atoms with van der Waals surface area (Å²) in [6, 6.07) is 5.28. The van der Waals surface area contributed by atoms with Gasteiger partial charge in [0.25, 0.3) is 0 Å². The van der Waals surface area contributed by atoms with Crippen LogP contribution < -0.4 is 0 Å². The minimum Gasteiger partial charge on any atom is -0.250 e. The third-order valence-electron chi connectivity index (χ3n) is 3.31. The first kappa shape index (κ1) is 16.4. The van der Waals surface area contributed by atoms with Crippen molar-refractivity contribution in [2.45, 2.75) is 31.2 Å². The molecule has 0 aliphatic heterocycles. The molecule has 0 spiro atoms. The minimum absolute atomic E-state index is 0.292. The zero-order valence-electron chi connectivity index (χ0n) is 12.1. The molecule has 2 rings (SSSR count). The molecule has 0 saturated heterocycles. The Morgan fingerprint density at radius 3 is 2.62 bits per heavy atom. The fourth-order valence-corrected chi connectivity index (χ4v) is 4.43. The molecule has 0 atom stereocenters. The number of aryl methyl sites for hydroxylation is 2. The number of hydrogen-bond acceptors (Lipinski definition) is 4. The molecule has 1 heterocycles. The van der Waals surface area contributed by atoms with Crippen LogP contribution in [0.1, 0.15) is 21.7 Å². The van der Waals surface area contributed by atoms with Crippen molar-refractivity contribution in [1.29, 1.82) is 0 Å². The highest BCUT2D eigenvalue weighted by Gasteiger charge is 2.24. The van der Waals surface area contributed by atoms with Gasteiger partial charge in [0.2, 0.25) is 10.0 Å². The van der Waals surface area contributed by atoms with Gasteiger partial charge in [-0.1, -0.05) is 12.1 Å². The standard InChI is InChI=1S/C14H17ClN2O2S2/c1-10-4-5-12(7-15)6-14(10)21(18,19)17(3)8-13-11(2)16-9-20-13/h4-6,9H,7-8H2,1-3H3. The molecule has 0 fully saturated rings. The Morgan fingerprint density at radius 1 is 1.33 bits per heavy atom. The average molecular weight is 345 g/mol. The molecule has 114 valence electrons. The van der Waals surface area contributed by atoms with Crippen molar-refractivity contribution in [2.24, 2.45) is 0 Å². The van der Waals surface area contributed by atoms with Gasteiger partial charge in [0.15, 0.2) is 0 Å². The summed E-state index contributed by atoms with van der Waals surface area (Å²) in [6.45, 7) is 3.99. The van der Waals surface area contributed by atoms with E-state index in [-0.39, 0.29) is 0 Å². The lowest BCUT2D eigenvalue weighted by Crippen LogP contribution is -2.27. The highest BCUT2D eigenvalue weighted by Crippen LogP contribution is 2.24. The molecule has 7 heteroatoms. The van der Waals surface area contributed by atoms with Gasteiger partial charge in [0, 0.05) is 24.3 Å². The Bertz CT molecular complexity index is 741. The molecular formula is C14H17ClN2O2S2. The predicted octanol–water partition coefficient (Wildman–Crippen LogP) is 3.32. The maximum atomic E-state index is 12.7. The van der Waals surface area contributed by atoms with Crippen molar-refractivity contribution in [3.05, 3.63) is 45.4 Å². The summed E-state index contributed by atoms with van der Waals surface area (Å²) in [7, 11) is -1.96. The van der Waals surface area contributed by atoms with Crippen molar-refractivity contribution >= 4 is 33.0 Å². The summed E-state index contributed by atoms with van der Waals surface area (Å²) in [5.74, 6) is 0.292. The van der Waals surface area contributed by atoms with E-state index in [9.17, 15) is 8.42 Å². The lowest BCUT2D eigenvalue weighted by molar-refractivity contribution is 0.468. The molecule has 0 bridgehead atoms. The van der Waals surface area contributed by atoms with Crippen LogP contribution in [0.4, 0.5) is 0 Å². The highest BCUT2D eigenvalue weighted by atomic mass is 35.5. The third-order valence-corrected chi connectivity index (χ3v) is 6.48. The van der Waals surface area contributed by atoms with Crippen LogP contribution in [0.5, 0.6) is 0 Å². The van der Waals surface area contributed by atoms with Crippen LogP contribution in [0.25, 0.3) is 0 Å². The maximum Gasteiger partial charge on any atom is 0.243 e. The molecule has 0 amide bonds. The van der Waals surface area contributed by atoms with E-state index in [1.165, 1.54) is 15.6 Å². The van der Waals surface area contributed by atoms with Crippen LogP contribution >= 0.6 is 22.9 Å². The van der Waals surface area contributed by atoms with Crippen LogP contribution in [0.15, 0.2) is 28.6 Å². The molecule has 1 aromatic carbocycles. The lowest BCUT2D eigenvalue weighted by Gasteiger charge is -2.18. The van der Waals surface area contributed by atoms with E-state index in [1.54, 1.807) is 31.6 Å². The van der Waals surface area contributed by atoms with Gasteiger partial charge in [-0.05, 0) is 31.0 Å². The van der Waals surface area contributed by atoms with Crippen LogP contribution in [0, 0.1) is 13.8 Å². The number of halogens is 1. The second-order valence-electron chi connectivity index (χ2n) is 4.86. The van der Waals surface area contributed by atoms with Gasteiger partial charge in [-0.15, -0.1) is 22.9 Å². The average Bonchev–Trinajstić information content (AvgIpc) is 2.84. The summed E-state index contributed by atoms with van der Waals surface area (Å²) >= 11 is 7.26. The minimum atomic E-state index is -3.54. The Kier molecular flexibility index (Phi) is 5.03. The van der Waals surface area contributed by atoms with E-state index >= 15 is 0 Å². The second-order valence-corrected chi connectivity index (χ2v) is 8.08. The summed E-state index contributed by atoms with van der Waals surface area (Å²) < 4.78 is 26.8. The largest absolute Gasteiger partial charge is 0.250 e. The molecule has 0 aliphatic rings. The highest BCUT2D eigenvalue weighted by molar-refractivity contribution is 7.89. The molecular weight excluding hydrogens is 328 g/mol. The first-order chi connectivity index (χ1) is 9.86. The Hall–Kier alpha value is -0.950. The molecule has 0 unspecified atom stereocenters. The quantitative estimate of drug-likeness (QED) is 0.782. The number of rotatable bonds is 5. The van der Waals surface area contributed by atoms with E-state index in [0.717, 1.165) is 21.7 Å². The summed E-state index contributed by atoms with van der Waals surface area (Å²) in [4.78, 5) is 5.41. The van der Waals surface area contributed by atoms with Crippen molar-refractivity contribution in [1.82, 2.24) is 9.29 Å². The van der Waals surface area contributed by atoms with Crippen molar-refractivity contribution < 1.29 is 8.42 Å². The molecule has 1 aromatic heterocycles. The Balaban J connectivity index is 2.35. The SMILES string of the molecule is Cc1ccc(CCl)cc1S(=O)(=O)N(C)Cc1scnc1C. The van der Waals surface area contributed by atoms with Gasteiger partial charge < -0.3 is 0 Å². The van der Waals surface area contributed by atoms with Crippen LogP contribution in [0.3, 0.4) is 0 Å². The van der Waals surface area contributed by atoms with E-state index in [0.29, 0.717) is 17.3 Å². The van der Waals surface area contributed by atoms with Gasteiger partial charge in [0.1, 0.15) is 0 Å². The zero-order valence-corrected chi connectivity index (χ0v) is 14.5. The molecule has 0 N–H and O–H groups in total. The molecule has 0 aliphatic carbocycles. The smallest absolute Gasteiger partial charge is 0.243 e. The van der Waals surface area contributed by atoms with Gasteiger partial charge in [-0.25, -0.2) is 13.4 Å².